The van der Waals surface area contributed by atoms with Crippen molar-refractivity contribution in [1.82, 2.24) is 4.90 Å². The molecule has 3 nitrogen and oxygen atoms in total. The molecule has 0 saturated carbocycles. The molecule has 0 aromatic heterocycles. The van der Waals surface area contributed by atoms with Gasteiger partial charge in [-0.3, -0.25) is 4.79 Å². The summed E-state index contributed by atoms with van der Waals surface area (Å²) in [5.41, 5.74) is 10.1. The van der Waals surface area contributed by atoms with Crippen LogP contribution in [-0.2, 0) is 11.2 Å². The van der Waals surface area contributed by atoms with Crippen LogP contribution in [0, 0.1) is 0 Å². The zero-order valence-corrected chi connectivity index (χ0v) is 13.6. The average Bonchev–Trinajstić information content (AvgIpc) is 2.78. The lowest BCUT2D eigenvalue weighted by molar-refractivity contribution is -0.116. The molecule has 1 aliphatic heterocycles. The molecule has 2 aromatic rings. The van der Waals surface area contributed by atoms with Gasteiger partial charge in [-0.1, -0.05) is 67.9 Å². The van der Waals surface area contributed by atoms with Crippen LogP contribution in [0.25, 0.3) is 5.57 Å². The summed E-state index contributed by atoms with van der Waals surface area (Å²) < 4.78 is 0. The van der Waals surface area contributed by atoms with E-state index in [4.69, 9.17) is 5.73 Å². The maximum absolute atomic E-state index is 13.0. The van der Waals surface area contributed by atoms with Gasteiger partial charge in [0.25, 0.3) is 0 Å². The summed E-state index contributed by atoms with van der Waals surface area (Å²) >= 11 is 0. The SMILES string of the molecule is CCCc1cccc(C2=C(N)N(C)C(c3ccccc3)C2=O)c1. The van der Waals surface area contributed by atoms with E-state index in [1.807, 2.05) is 54.4 Å². The largest absolute Gasteiger partial charge is 0.385 e. The molecule has 1 heterocycles. The van der Waals surface area contributed by atoms with Crippen molar-refractivity contribution in [3.05, 3.63) is 77.1 Å². The minimum Gasteiger partial charge on any atom is -0.385 e. The number of aryl methyl sites for hydroxylation is 1. The van der Waals surface area contributed by atoms with E-state index in [2.05, 4.69) is 19.1 Å². The third-order valence-electron chi connectivity index (χ3n) is 4.39. The van der Waals surface area contributed by atoms with Crippen molar-refractivity contribution in [3.8, 4) is 0 Å². The number of Topliss-reactive ketones (excluding diaryl/α,β-unsaturated/α-hetero) is 1. The molecule has 0 spiro atoms. The lowest BCUT2D eigenvalue weighted by atomic mass is 9.95. The highest BCUT2D eigenvalue weighted by Crippen LogP contribution is 2.37. The number of likely N-dealkylation sites (N-methyl/N-ethyl adjacent to an activating group) is 1. The van der Waals surface area contributed by atoms with Crippen molar-refractivity contribution in [1.29, 1.82) is 0 Å². The normalized spacial score (nSPS) is 17.9. The third kappa shape index (κ3) is 2.74. The molecule has 118 valence electrons. The van der Waals surface area contributed by atoms with Crippen LogP contribution in [0.4, 0.5) is 0 Å². The van der Waals surface area contributed by atoms with Gasteiger partial charge in [0, 0.05) is 7.05 Å². The lowest BCUT2D eigenvalue weighted by Gasteiger charge is -2.21. The summed E-state index contributed by atoms with van der Waals surface area (Å²) in [5, 5.41) is 0. The van der Waals surface area contributed by atoms with Crippen LogP contribution in [0.1, 0.15) is 36.1 Å². The van der Waals surface area contributed by atoms with Crippen LogP contribution in [-0.4, -0.2) is 17.7 Å². The van der Waals surface area contributed by atoms with Gasteiger partial charge in [-0.25, -0.2) is 0 Å². The number of ketones is 1. The maximum atomic E-state index is 13.0. The van der Waals surface area contributed by atoms with Crippen LogP contribution in [0.2, 0.25) is 0 Å². The average molecular weight is 306 g/mol. The molecule has 0 bridgehead atoms. The second kappa shape index (κ2) is 6.29. The number of rotatable bonds is 4. The Bertz CT molecular complexity index is 749. The van der Waals surface area contributed by atoms with Gasteiger partial charge in [0.15, 0.2) is 5.78 Å². The standard InChI is InChI=1S/C20H22N2O/c1-3-8-14-9-7-12-16(13-14)17-19(23)18(22(2)20(17)21)15-10-5-4-6-11-15/h4-7,9-13,18H,3,8,21H2,1-2H3. The van der Waals surface area contributed by atoms with E-state index in [9.17, 15) is 4.79 Å². The fourth-order valence-electron chi connectivity index (χ4n) is 3.23. The van der Waals surface area contributed by atoms with Gasteiger partial charge in [-0.15, -0.1) is 0 Å². The van der Waals surface area contributed by atoms with E-state index < -0.39 is 0 Å². The highest BCUT2D eigenvalue weighted by Gasteiger charge is 2.37. The van der Waals surface area contributed by atoms with Gasteiger partial charge in [-0.2, -0.15) is 0 Å². The topological polar surface area (TPSA) is 46.3 Å². The molecule has 3 rings (SSSR count). The number of benzene rings is 2. The summed E-state index contributed by atoms with van der Waals surface area (Å²) in [6, 6.07) is 17.6. The molecule has 0 radical (unpaired) electrons. The number of carbonyl (C=O) groups excluding carboxylic acids is 1. The van der Waals surface area contributed by atoms with E-state index in [-0.39, 0.29) is 11.8 Å². The molecule has 0 aliphatic carbocycles. The van der Waals surface area contributed by atoms with Gasteiger partial charge in [0.1, 0.15) is 11.9 Å². The fraction of sp³-hybridized carbons (Fsp3) is 0.250. The zero-order valence-electron chi connectivity index (χ0n) is 13.6. The van der Waals surface area contributed by atoms with Crippen molar-refractivity contribution in [3.63, 3.8) is 0 Å². The van der Waals surface area contributed by atoms with Crippen LogP contribution in [0.3, 0.4) is 0 Å². The van der Waals surface area contributed by atoms with Gasteiger partial charge in [-0.05, 0) is 23.1 Å². The summed E-state index contributed by atoms with van der Waals surface area (Å²) in [4.78, 5) is 14.9. The first kappa shape index (κ1) is 15.3. The van der Waals surface area contributed by atoms with E-state index in [1.165, 1.54) is 5.56 Å². The minimum absolute atomic E-state index is 0.0739. The Labute approximate surface area is 137 Å². The number of nitrogens with zero attached hydrogens (tertiary/aromatic N) is 1. The molecule has 1 atom stereocenters. The Morgan fingerprint density at radius 2 is 1.83 bits per heavy atom. The van der Waals surface area contributed by atoms with Gasteiger partial charge in [0.05, 0.1) is 5.57 Å². The zero-order chi connectivity index (χ0) is 16.4. The Balaban J connectivity index is 2.00. The molecule has 23 heavy (non-hydrogen) atoms. The molecule has 2 aromatic carbocycles. The summed E-state index contributed by atoms with van der Waals surface area (Å²) in [5.74, 6) is 0.627. The van der Waals surface area contributed by atoms with Crippen LogP contribution in [0.15, 0.2) is 60.4 Å². The molecular weight excluding hydrogens is 284 g/mol. The van der Waals surface area contributed by atoms with Crippen molar-refractivity contribution < 1.29 is 4.79 Å². The Morgan fingerprint density at radius 1 is 1.09 bits per heavy atom. The number of carbonyl (C=O) groups is 1. The highest BCUT2D eigenvalue weighted by atomic mass is 16.1. The molecular formula is C20H22N2O. The Morgan fingerprint density at radius 3 is 2.52 bits per heavy atom. The third-order valence-corrected chi connectivity index (χ3v) is 4.39. The quantitative estimate of drug-likeness (QED) is 0.940. The van der Waals surface area contributed by atoms with E-state index in [0.29, 0.717) is 11.4 Å². The van der Waals surface area contributed by atoms with E-state index in [1.54, 1.807) is 0 Å². The molecule has 1 aliphatic rings. The van der Waals surface area contributed by atoms with Crippen molar-refractivity contribution in [2.45, 2.75) is 25.8 Å². The van der Waals surface area contributed by atoms with Gasteiger partial charge >= 0.3 is 0 Å². The second-order valence-electron chi connectivity index (χ2n) is 6.00. The number of hydrogen-bond acceptors (Lipinski definition) is 3. The molecule has 0 saturated heterocycles. The smallest absolute Gasteiger partial charge is 0.194 e. The minimum atomic E-state index is -0.332. The van der Waals surface area contributed by atoms with Crippen molar-refractivity contribution in [2.75, 3.05) is 7.05 Å². The molecule has 0 amide bonds. The molecule has 0 fully saturated rings. The Kier molecular flexibility index (Phi) is 4.20. The summed E-state index contributed by atoms with van der Waals surface area (Å²) in [7, 11) is 1.88. The predicted molar refractivity (Wildman–Crippen MR) is 93.5 cm³/mol. The van der Waals surface area contributed by atoms with E-state index >= 15 is 0 Å². The maximum Gasteiger partial charge on any atom is 0.194 e. The molecule has 1 unspecified atom stereocenters. The van der Waals surface area contributed by atoms with Crippen LogP contribution < -0.4 is 5.73 Å². The monoisotopic (exact) mass is 306 g/mol. The molecule has 2 N–H and O–H groups in total. The Hall–Kier alpha value is -2.55. The van der Waals surface area contributed by atoms with Crippen LogP contribution in [0.5, 0.6) is 0 Å². The highest BCUT2D eigenvalue weighted by molar-refractivity contribution is 6.26. The van der Waals surface area contributed by atoms with E-state index in [0.717, 1.165) is 24.0 Å². The van der Waals surface area contributed by atoms with Crippen molar-refractivity contribution in [2.24, 2.45) is 5.73 Å². The number of nitrogens with two attached hydrogens (primary N) is 1. The van der Waals surface area contributed by atoms with Crippen molar-refractivity contribution >= 4 is 11.4 Å². The lowest BCUT2D eigenvalue weighted by Crippen LogP contribution is -2.25. The fourth-order valence-corrected chi connectivity index (χ4v) is 3.23. The first-order valence-corrected chi connectivity index (χ1v) is 8.04. The van der Waals surface area contributed by atoms with Crippen LogP contribution >= 0.6 is 0 Å². The summed E-state index contributed by atoms with van der Waals surface area (Å²) in [6.45, 7) is 2.15. The second-order valence-corrected chi connectivity index (χ2v) is 6.00. The first-order chi connectivity index (χ1) is 11.1. The van der Waals surface area contributed by atoms with Gasteiger partial charge in [0.2, 0.25) is 0 Å². The van der Waals surface area contributed by atoms with Gasteiger partial charge < -0.3 is 10.6 Å². The predicted octanol–water partition coefficient (Wildman–Crippen LogP) is 3.52. The first-order valence-electron chi connectivity index (χ1n) is 8.04. The molecule has 3 heteroatoms. The summed E-state index contributed by atoms with van der Waals surface area (Å²) in [6.07, 6.45) is 2.09. The number of hydrogen-bond donors (Lipinski definition) is 1.